The summed E-state index contributed by atoms with van der Waals surface area (Å²) in [5, 5.41) is 45.8. The number of rotatable bonds is 30. The molecule has 0 saturated heterocycles. The quantitative estimate of drug-likeness (QED) is 0.0183. The third kappa shape index (κ3) is 17.6. The van der Waals surface area contributed by atoms with Gasteiger partial charge in [-0.3, -0.25) is 9.80 Å². The molecule has 5 atom stereocenters. The lowest BCUT2D eigenvalue weighted by atomic mass is 9.80. The van der Waals surface area contributed by atoms with Gasteiger partial charge in [0.25, 0.3) is 0 Å². The average molecular weight is 875 g/mol. The van der Waals surface area contributed by atoms with E-state index in [0.717, 1.165) is 29.5 Å². The minimum Gasteiger partial charge on any atom is -0.460 e. The van der Waals surface area contributed by atoms with Gasteiger partial charge in [0.05, 0.1) is 12.7 Å². The van der Waals surface area contributed by atoms with E-state index in [1.807, 2.05) is 97.9 Å². The first-order valence-electron chi connectivity index (χ1n) is 21.2. The van der Waals surface area contributed by atoms with Crippen molar-refractivity contribution in [2.24, 2.45) is 0 Å². The van der Waals surface area contributed by atoms with Gasteiger partial charge in [-0.05, 0) is 43.9 Å². The van der Waals surface area contributed by atoms with E-state index in [9.17, 15) is 34.8 Å². The summed E-state index contributed by atoms with van der Waals surface area (Å²) in [7, 11) is 0. The molecule has 0 radical (unpaired) electrons. The molecule has 0 fully saturated rings. The lowest BCUT2D eigenvalue weighted by Crippen LogP contribution is -2.56. The third-order valence-corrected chi connectivity index (χ3v) is 9.72. The molecule has 63 heavy (non-hydrogen) atoms. The van der Waals surface area contributed by atoms with Crippen LogP contribution in [0.5, 0.6) is 0 Å². The van der Waals surface area contributed by atoms with Crippen molar-refractivity contribution in [2.45, 2.75) is 76.8 Å². The van der Waals surface area contributed by atoms with E-state index in [0.29, 0.717) is 6.61 Å². The van der Waals surface area contributed by atoms with Crippen LogP contribution in [0.1, 0.15) is 57.2 Å². The molecule has 0 saturated carbocycles. The van der Waals surface area contributed by atoms with Gasteiger partial charge in [0.1, 0.15) is 50.0 Å². The van der Waals surface area contributed by atoms with Crippen LogP contribution in [0.25, 0.3) is 0 Å². The SMILES string of the molecule is C=C(C)C(=O)OCC(O)CN(CC(O)COCCCC)CC(OC(c1ccccc1)(c1ccccc1)c1ccccc1)N(CC(O)COC(=O)C(=C)C)CC(O)COC(=O)C(=C)C. The van der Waals surface area contributed by atoms with Crippen molar-refractivity contribution in [1.29, 1.82) is 0 Å². The average Bonchev–Trinajstić information content (AvgIpc) is 3.27. The monoisotopic (exact) mass is 874 g/mol. The van der Waals surface area contributed by atoms with Crippen LogP contribution in [0, 0.1) is 0 Å². The first-order valence-corrected chi connectivity index (χ1v) is 21.2. The fourth-order valence-electron chi connectivity index (χ4n) is 6.61. The number of hydrogen-bond acceptors (Lipinski definition) is 14. The Morgan fingerprint density at radius 1 is 0.556 bits per heavy atom. The van der Waals surface area contributed by atoms with Crippen LogP contribution < -0.4 is 0 Å². The van der Waals surface area contributed by atoms with Crippen LogP contribution in [-0.2, 0) is 43.7 Å². The predicted octanol–water partition coefficient (Wildman–Crippen LogP) is 4.54. The fraction of sp³-hybridized carbons (Fsp3) is 0.449. The van der Waals surface area contributed by atoms with Crippen LogP contribution in [0.15, 0.2) is 127 Å². The molecule has 3 aromatic rings. The Bertz CT molecular complexity index is 1740. The van der Waals surface area contributed by atoms with Crippen molar-refractivity contribution < 1.29 is 58.5 Å². The summed E-state index contributed by atoms with van der Waals surface area (Å²) in [6.07, 6.45) is -4.46. The molecule has 4 N–H and O–H groups in total. The third-order valence-electron chi connectivity index (χ3n) is 9.72. The molecule has 14 heteroatoms. The first kappa shape index (κ1) is 52.3. The molecule has 14 nitrogen and oxygen atoms in total. The Kier molecular flexibility index (Phi) is 22.6. The number of aliphatic hydroxyl groups excluding tert-OH is 4. The number of carbonyl (C=O) groups is 3. The Labute approximate surface area is 372 Å². The summed E-state index contributed by atoms with van der Waals surface area (Å²) in [6, 6.07) is 28.5. The van der Waals surface area contributed by atoms with E-state index in [1.54, 1.807) is 9.80 Å². The number of ether oxygens (including phenoxy) is 5. The second kappa shape index (κ2) is 27.2. The summed E-state index contributed by atoms with van der Waals surface area (Å²) >= 11 is 0. The van der Waals surface area contributed by atoms with Crippen molar-refractivity contribution in [3.8, 4) is 0 Å². The number of esters is 3. The summed E-state index contributed by atoms with van der Waals surface area (Å²) in [4.78, 5) is 40.6. The van der Waals surface area contributed by atoms with Crippen molar-refractivity contribution in [1.82, 2.24) is 9.80 Å². The molecule has 0 aliphatic rings. The fourth-order valence-corrected chi connectivity index (χ4v) is 6.61. The van der Waals surface area contributed by atoms with Gasteiger partial charge in [0.2, 0.25) is 0 Å². The maximum atomic E-state index is 12.4. The van der Waals surface area contributed by atoms with Gasteiger partial charge in [-0.1, -0.05) is 124 Å². The maximum Gasteiger partial charge on any atom is 0.333 e. The Morgan fingerprint density at radius 3 is 1.25 bits per heavy atom. The van der Waals surface area contributed by atoms with Crippen LogP contribution in [0.3, 0.4) is 0 Å². The number of carbonyl (C=O) groups excluding carboxylic acids is 3. The highest BCUT2D eigenvalue weighted by molar-refractivity contribution is 5.87. The minimum absolute atomic E-state index is 0.0198. The minimum atomic E-state index is -1.38. The maximum absolute atomic E-state index is 12.4. The Hall–Kier alpha value is -5.03. The normalized spacial score (nSPS) is 14.0. The first-order chi connectivity index (χ1) is 30.1. The van der Waals surface area contributed by atoms with Crippen molar-refractivity contribution in [3.63, 3.8) is 0 Å². The number of nitrogens with zero attached hydrogens (tertiary/aromatic N) is 2. The molecular formula is C49H66N2O12. The Balaban J connectivity index is 2.28. The topological polar surface area (TPSA) is 185 Å². The molecule has 0 aliphatic heterocycles. The lowest BCUT2D eigenvalue weighted by Gasteiger charge is -2.45. The molecule has 0 bridgehead atoms. The molecule has 0 aromatic heterocycles. The molecule has 344 valence electrons. The largest absolute Gasteiger partial charge is 0.460 e. The predicted molar refractivity (Wildman–Crippen MR) is 239 cm³/mol. The molecule has 5 unspecified atom stereocenters. The summed E-state index contributed by atoms with van der Waals surface area (Å²) in [6.45, 7) is 15.6. The second-order valence-corrected chi connectivity index (χ2v) is 15.7. The van der Waals surface area contributed by atoms with E-state index in [4.69, 9.17) is 23.7 Å². The van der Waals surface area contributed by atoms with E-state index in [1.165, 1.54) is 20.8 Å². The second-order valence-electron chi connectivity index (χ2n) is 15.7. The molecule has 3 aromatic carbocycles. The molecule has 0 amide bonds. The molecule has 3 rings (SSSR count). The molecule has 0 spiro atoms. The van der Waals surface area contributed by atoms with Crippen LogP contribution in [-0.4, -0.2) is 145 Å². The standard InChI is InChI=1S/C49H66N2O12/c1-8-9-25-59-31-41(52)26-50(27-42(53)32-60-46(56)35(2)3)30-45(51(28-43(54)33-61-47(57)36(4)5)29-44(55)34-62-48(58)37(6)7)63-49(38-19-13-10-14-20-38,39-21-15-11-16-22-39)40-23-17-12-18-24-40/h10-24,41-45,52-55H,2,4,6,8-9,25-34H2,1,3,5,7H3. The van der Waals surface area contributed by atoms with E-state index in [2.05, 4.69) is 19.7 Å². The van der Waals surface area contributed by atoms with E-state index >= 15 is 0 Å². The van der Waals surface area contributed by atoms with Gasteiger partial charge in [-0.25, -0.2) is 14.4 Å². The highest BCUT2D eigenvalue weighted by Crippen LogP contribution is 2.42. The summed E-state index contributed by atoms with van der Waals surface area (Å²) in [5.41, 5.74) is 1.21. The number of unbranched alkanes of at least 4 members (excludes halogenated alkanes) is 1. The van der Waals surface area contributed by atoms with Crippen molar-refractivity contribution >= 4 is 17.9 Å². The number of aliphatic hydroxyl groups is 4. The van der Waals surface area contributed by atoms with Gasteiger partial charge in [-0.2, -0.15) is 0 Å². The van der Waals surface area contributed by atoms with Crippen LogP contribution in [0.4, 0.5) is 0 Å². The van der Waals surface area contributed by atoms with Crippen molar-refractivity contribution in [3.05, 3.63) is 144 Å². The van der Waals surface area contributed by atoms with Gasteiger partial charge in [-0.15, -0.1) is 0 Å². The van der Waals surface area contributed by atoms with Gasteiger partial charge >= 0.3 is 17.9 Å². The zero-order valence-corrected chi connectivity index (χ0v) is 37.1. The van der Waals surface area contributed by atoms with Gasteiger partial charge in [0.15, 0.2) is 0 Å². The highest BCUT2D eigenvalue weighted by Gasteiger charge is 2.42. The molecular weight excluding hydrogens is 809 g/mol. The zero-order valence-electron chi connectivity index (χ0n) is 37.1. The van der Waals surface area contributed by atoms with E-state index in [-0.39, 0.29) is 62.7 Å². The summed E-state index contributed by atoms with van der Waals surface area (Å²) in [5.74, 6) is -2.10. The van der Waals surface area contributed by atoms with Gasteiger partial charge in [0, 0.05) is 56.0 Å². The smallest absolute Gasteiger partial charge is 0.333 e. The van der Waals surface area contributed by atoms with Crippen molar-refractivity contribution in [2.75, 3.05) is 65.8 Å². The lowest BCUT2D eigenvalue weighted by molar-refractivity contribution is -0.163. The highest BCUT2D eigenvalue weighted by atomic mass is 16.6. The molecule has 0 heterocycles. The zero-order chi connectivity index (χ0) is 46.4. The Morgan fingerprint density at radius 2 is 0.905 bits per heavy atom. The van der Waals surface area contributed by atoms with E-state index < -0.39 is 67.4 Å². The molecule has 0 aliphatic carbocycles. The number of hydrogen-bond donors (Lipinski definition) is 4. The number of benzene rings is 3. The van der Waals surface area contributed by atoms with Gasteiger partial charge < -0.3 is 44.1 Å². The summed E-state index contributed by atoms with van der Waals surface area (Å²) < 4.78 is 29.3. The van der Waals surface area contributed by atoms with Crippen LogP contribution >= 0.6 is 0 Å². The van der Waals surface area contributed by atoms with Crippen LogP contribution in [0.2, 0.25) is 0 Å².